The highest BCUT2D eigenvalue weighted by atomic mass is 16.5. The van der Waals surface area contributed by atoms with Gasteiger partial charge in [0.1, 0.15) is 6.61 Å². The van der Waals surface area contributed by atoms with E-state index >= 15 is 0 Å². The molecule has 1 aromatic rings. The number of hydrogen-bond acceptors (Lipinski definition) is 4. The number of hydrogen-bond donors (Lipinski definition) is 0. The molecule has 0 spiro atoms. The van der Waals surface area contributed by atoms with E-state index in [0.29, 0.717) is 0 Å². The summed E-state index contributed by atoms with van der Waals surface area (Å²) >= 11 is 0. The topological polar surface area (TPSA) is 52.1 Å². The second-order valence-corrected chi connectivity index (χ2v) is 2.26. The van der Waals surface area contributed by atoms with E-state index in [1.807, 2.05) is 13.0 Å². The van der Waals surface area contributed by atoms with Gasteiger partial charge in [-0.05, 0) is 6.92 Å². The van der Waals surface area contributed by atoms with Gasteiger partial charge in [0.2, 0.25) is 0 Å². The Balaban J connectivity index is 2.49. The maximum atomic E-state index is 11.2. The van der Waals surface area contributed by atoms with E-state index in [9.17, 15) is 4.79 Å². The Bertz CT molecular complexity index is 296. The molecule has 1 heterocycles. The summed E-state index contributed by atoms with van der Waals surface area (Å²) in [6.45, 7) is 2.13. The van der Waals surface area contributed by atoms with Crippen molar-refractivity contribution in [2.24, 2.45) is 0 Å². The maximum Gasteiger partial charge on any atom is 0.358 e. The molecule has 0 N–H and O–H groups in total. The molecule has 1 aromatic heterocycles. The highest BCUT2D eigenvalue weighted by Crippen LogP contribution is 1.93. The molecule has 68 valence electrons. The lowest BCUT2D eigenvalue weighted by Crippen LogP contribution is -2.07. The molecule has 0 saturated carbocycles. The summed E-state index contributed by atoms with van der Waals surface area (Å²) in [5.41, 5.74) is 0.229. The molecule has 0 bridgehead atoms. The molecule has 0 unspecified atom stereocenters. The average Bonchev–Trinajstić information content (AvgIpc) is 2.19. The fourth-order valence-corrected chi connectivity index (χ4v) is 0.698. The van der Waals surface area contributed by atoms with Crippen LogP contribution in [0, 0.1) is 0 Å². The van der Waals surface area contributed by atoms with Crippen LogP contribution in [0.5, 0.6) is 0 Å². The highest BCUT2D eigenvalue weighted by molar-refractivity contribution is 5.86. The van der Waals surface area contributed by atoms with Crippen LogP contribution in [0.4, 0.5) is 0 Å². The Hall–Kier alpha value is -1.71. The molecule has 0 aliphatic carbocycles. The van der Waals surface area contributed by atoms with Gasteiger partial charge in [0.05, 0.1) is 6.20 Å². The summed E-state index contributed by atoms with van der Waals surface area (Å²) in [7, 11) is 0. The molecule has 1 rings (SSSR count). The lowest BCUT2D eigenvalue weighted by molar-refractivity contribution is 0.0542. The van der Waals surface area contributed by atoms with E-state index in [1.54, 1.807) is 6.08 Å². The predicted octanol–water partition coefficient (Wildman–Crippen LogP) is 1.21. The van der Waals surface area contributed by atoms with Gasteiger partial charge in [-0.25, -0.2) is 9.78 Å². The fourth-order valence-electron chi connectivity index (χ4n) is 0.698. The molecular formula is C9H10N2O2. The first kappa shape index (κ1) is 9.38. The van der Waals surface area contributed by atoms with Crippen molar-refractivity contribution in [1.29, 1.82) is 0 Å². The van der Waals surface area contributed by atoms with Crippen LogP contribution in [-0.4, -0.2) is 22.5 Å². The second-order valence-electron chi connectivity index (χ2n) is 2.26. The van der Waals surface area contributed by atoms with E-state index in [2.05, 4.69) is 9.97 Å². The summed E-state index contributed by atoms with van der Waals surface area (Å²) in [6.07, 6.45) is 7.88. The number of esters is 1. The van der Waals surface area contributed by atoms with Crippen molar-refractivity contribution in [2.45, 2.75) is 6.92 Å². The van der Waals surface area contributed by atoms with Crippen molar-refractivity contribution in [2.75, 3.05) is 6.61 Å². The zero-order valence-electron chi connectivity index (χ0n) is 7.30. The maximum absolute atomic E-state index is 11.2. The summed E-state index contributed by atoms with van der Waals surface area (Å²) in [6, 6.07) is 0. The second kappa shape index (κ2) is 5.03. The van der Waals surface area contributed by atoms with Gasteiger partial charge >= 0.3 is 5.97 Å². The molecule has 0 amide bonds. The monoisotopic (exact) mass is 178 g/mol. The van der Waals surface area contributed by atoms with Gasteiger partial charge < -0.3 is 4.74 Å². The van der Waals surface area contributed by atoms with E-state index in [0.717, 1.165) is 0 Å². The van der Waals surface area contributed by atoms with E-state index < -0.39 is 5.97 Å². The van der Waals surface area contributed by atoms with Crippen LogP contribution in [0.1, 0.15) is 17.4 Å². The van der Waals surface area contributed by atoms with E-state index in [-0.39, 0.29) is 12.3 Å². The quantitative estimate of drug-likeness (QED) is 0.515. The van der Waals surface area contributed by atoms with Gasteiger partial charge in [-0.1, -0.05) is 12.2 Å². The minimum absolute atomic E-state index is 0.229. The normalized spacial score (nSPS) is 10.2. The molecule has 0 radical (unpaired) electrons. The SMILES string of the molecule is C/C=C/COC(=O)c1cnccn1. The Morgan fingerprint density at radius 2 is 2.46 bits per heavy atom. The van der Waals surface area contributed by atoms with Crippen LogP contribution in [0.15, 0.2) is 30.7 Å². The Morgan fingerprint density at radius 1 is 1.62 bits per heavy atom. The van der Waals surface area contributed by atoms with Crippen LogP contribution in [0.25, 0.3) is 0 Å². The van der Waals surface area contributed by atoms with Crippen molar-refractivity contribution in [3.05, 3.63) is 36.4 Å². The number of allylic oxidation sites excluding steroid dienone is 1. The van der Waals surface area contributed by atoms with Crippen LogP contribution in [0.3, 0.4) is 0 Å². The molecule has 4 nitrogen and oxygen atoms in total. The Labute approximate surface area is 76.3 Å². The van der Waals surface area contributed by atoms with Gasteiger partial charge in [-0.3, -0.25) is 4.98 Å². The number of carbonyl (C=O) groups is 1. The molecule has 0 aliphatic rings. The van der Waals surface area contributed by atoms with Crippen molar-refractivity contribution in [3.63, 3.8) is 0 Å². The van der Waals surface area contributed by atoms with Crippen LogP contribution in [0.2, 0.25) is 0 Å². The molecule has 0 atom stereocenters. The Kier molecular flexibility index (Phi) is 3.63. The lowest BCUT2D eigenvalue weighted by atomic mass is 10.4. The van der Waals surface area contributed by atoms with Gasteiger partial charge in [0.25, 0.3) is 0 Å². The highest BCUT2D eigenvalue weighted by Gasteiger charge is 2.06. The van der Waals surface area contributed by atoms with Crippen molar-refractivity contribution < 1.29 is 9.53 Å². The molecule has 0 aromatic carbocycles. The lowest BCUT2D eigenvalue weighted by Gasteiger charge is -1.98. The van der Waals surface area contributed by atoms with Crippen molar-refractivity contribution >= 4 is 5.97 Å². The summed E-state index contributed by atoms with van der Waals surface area (Å²) in [4.78, 5) is 18.7. The van der Waals surface area contributed by atoms with E-state index in [1.165, 1.54) is 18.6 Å². The summed E-state index contributed by atoms with van der Waals surface area (Å²) in [5, 5.41) is 0. The number of nitrogens with zero attached hydrogens (tertiary/aromatic N) is 2. The van der Waals surface area contributed by atoms with Crippen LogP contribution >= 0.6 is 0 Å². The number of ether oxygens (including phenoxy) is 1. The minimum atomic E-state index is -0.453. The first-order chi connectivity index (χ1) is 6.34. The summed E-state index contributed by atoms with van der Waals surface area (Å²) < 4.78 is 4.84. The third-order valence-electron chi connectivity index (χ3n) is 1.32. The van der Waals surface area contributed by atoms with E-state index in [4.69, 9.17) is 4.74 Å². The number of carbonyl (C=O) groups excluding carboxylic acids is 1. The first-order valence-corrected chi connectivity index (χ1v) is 3.89. The summed E-state index contributed by atoms with van der Waals surface area (Å²) in [5.74, 6) is -0.453. The number of aromatic nitrogens is 2. The molecule has 0 fully saturated rings. The minimum Gasteiger partial charge on any atom is -0.457 e. The van der Waals surface area contributed by atoms with Gasteiger partial charge in [0.15, 0.2) is 5.69 Å². The third kappa shape index (κ3) is 3.02. The fraction of sp³-hybridized carbons (Fsp3) is 0.222. The standard InChI is InChI=1S/C9H10N2O2/c1-2-3-6-13-9(12)8-7-10-4-5-11-8/h2-5,7H,6H2,1H3/b3-2+. The van der Waals surface area contributed by atoms with Gasteiger partial charge in [-0.2, -0.15) is 0 Å². The Morgan fingerprint density at radius 3 is 3.08 bits per heavy atom. The first-order valence-electron chi connectivity index (χ1n) is 3.89. The molecule has 0 saturated heterocycles. The van der Waals surface area contributed by atoms with Crippen LogP contribution in [-0.2, 0) is 4.74 Å². The average molecular weight is 178 g/mol. The third-order valence-corrected chi connectivity index (χ3v) is 1.32. The zero-order valence-corrected chi connectivity index (χ0v) is 7.30. The van der Waals surface area contributed by atoms with Gasteiger partial charge in [-0.15, -0.1) is 0 Å². The van der Waals surface area contributed by atoms with Crippen molar-refractivity contribution in [1.82, 2.24) is 9.97 Å². The molecular weight excluding hydrogens is 168 g/mol. The van der Waals surface area contributed by atoms with Crippen molar-refractivity contribution in [3.8, 4) is 0 Å². The molecule has 4 heteroatoms. The predicted molar refractivity (Wildman–Crippen MR) is 47.1 cm³/mol. The smallest absolute Gasteiger partial charge is 0.358 e. The molecule has 0 aliphatic heterocycles. The number of rotatable bonds is 3. The largest absolute Gasteiger partial charge is 0.457 e. The zero-order chi connectivity index (χ0) is 9.52. The van der Waals surface area contributed by atoms with Crippen LogP contribution < -0.4 is 0 Å². The molecule has 13 heavy (non-hydrogen) atoms. The van der Waals surface area contributed by atoms with Gasteiger partial charge in [0, 0.05) is 12.4 Å².